The highest BCUT2D eigenvalue weighted by Crippen LogP contribution is 2.08. The summed E-state index contributed by atoms with van der Waals surface area (Å²) in [4.78, 5) is 11.5. The van der Waals surface area contributed by atoms with Gasteiger partial charge < -0.3 is 47.4 Å². The molecule has 0 saturated carbocycles. The smallest absolute Gasteiger partial charge is 0.308 e. The van der Waals surface area contributed by atoms with Gasteiger partial charge in [0.25, 0.3) is 0 Å². The van der Waals surface area contributed by atoms with Crippen LogP contribution in [0.2, 0.25) is 0 Å². The monoisotopic (exact) mass is 568 g/mol. The maximum Gasteiger partial charge on any atom is 0.308 e. The molecule has 1 unspecified atom stereocenters. The van der Waals surface area contributed by atoms with Gasteiger partial charge in [-0.1, -0.05) is 20.3 Å². The Labute approximate surface area is 236 Å². The van der Waals surface area contributed by atoms with Crippen LogP contribution in [-0.2, 0) is 52.2 Å². The van der Waals surface area contributed by atoms with Crippen LogP contribution in [0.15, 0.2) is 0 Å². The van der Waals surface area contributed by atoms with Crippen molar-refractivity contribution in [2.45, 2.75) is 53.1 Å². The van der Waals surface area contributed by atoms with Crippen LogP contribution >= 0.6 is 0 Å². The summed E-state index contributed by atoms with van der Waals surface area (Å²) >= 11 is 0. The zero-order chi connectivity index (χ0) is 28.9. The second kappa shape index (κ2) is 28.6. The Kier molecular flexibility index (Phi) is 28.0. The highest BCUT2D eigenvalue weighted by Gasteiger charge is 2.15. The van der Waals surface area contributed by atoms with Crippen molar-refractivity contribution < 1.29 is 52.2 Å². The van der Waals surface area contributed by atoms with E-state index >= 15 is 0 Å². The molecule has 0 aromatic carbocycles. The lowest BCUT2D eigenvalue weighted by atomic mass is 10.1. The first-order valence-corrected chi connectivity index (χ1v) is 14.3. The van der Waals surface area contributed by atoms with E-state index in [0.717, 1.165) is 13.0 Å². The third-order valence-corrected chi connectivity index (χ3v) is 4.95. The fourth-order valence-corrected chi connectivity index (χ4v) is 2.71. The molecule has 0 aromatic heterocycles. The molecule has 0 radical (unpaired) electrons. The van der Waals surface area contributed by atoms with Crippen molar-refractivity contribution in [1.29, 1.82) is 0 Å². The summed E-state index contributed by atoms with van der Waals surface area (Å²) in [6.07, 6.45) is 1.37. The van der Waals surface area contributed by atoms with Gasteiger partial charge in [0.15, 0.2) is 0 Å². The highest BCUT2D eigenvalue weighted by atomic mass is 16.6. The molecule has 0 bridgehead atoms. The lowest BCUT2D eigenvalue weighted by Gasteiger charge is -2.19. The molecule has 0 amide bonds. The van der Waals surface area contributed by atoms with Gasteiger partial charge in [-0.3, -0.25) is 4.79 Å². The number of esters is 1. The molecule has 0 N–H and O–H groups in total. The van der Waals surface area contributed by atoms with Gasteiger partial charge in [0.1, 0.15) is 5.60 Å². The summed E-state index contributed by atoms with van der Waals surface area (Å²) in [5.41, 5.74) is -0.468. The van der Waals surface area contributed by atoms with E-state index in [1.165, 1.54) is 0 Å². The topological polar surface area (TPSA) is 109 Å². The van der Waals surface area contributed by atoms with Crippen LogP contribution in [0, 0.1) is 5.92 Å². The van der Waals surface area contributed by atoms with E-state index in [9.17, 15) is 4.79 Å². The average Bonchev–Trinajstić information content (AvgIpc) is 2.89. The van der Waals surface area contributed by atoms with E-state index in [1.807, 2.05) is 20.8 Å². The summed E-state index contributed by atoms with van der Waals surface area (Å²) in [6, 6.07) is 0. The number of ether oxygens (including phenoxy) is 10. The van der Waals surface area contributed by atoms with Crippen LogP contribution in [0.1, 0.15) is 47.5 Å². The van der Waals surface area contributed by atoms with Crippen molar-refractivity contribution in [3.63, 3.8) is 0 Å². The number of carbonyl (C=O) groups excluding carboxylic acids is 1. The summed E-state index contributed by atoms with van der Waals surface area (Å²) in [6.45, 7) is 19.2. The average molecular weight is 569 g/mol. The summed E-state index contributed by atoms with van der Waals surface area (Å²) in [7, 11) is 0. The van der Waals surface area contributed by atoms with Gasteiger partial charge in [0.2, 0.25) is 0 Å². The Bertz CT molecular complexity index is 514. The molecule has 0 aliphatic heterocycles. The van der Waals surface area contributed by atoms with Crippen LogP contribution in [0.25, 0.3) is 0 Å². The standard InChI is InChI=1S/C28H56O11/c1-6-26(2)25-38-24-23-37-22-21-36-20-19-35-18-17-34-16-15-33-14-13-32-12-11-31-10-9-30-8-7-27(29)39-28(3,4)5/h26H,6-25H2,1-5H3. The Morgan fingerprint density at radius 2 is 0.795 bits per heavy atom. The maximum atomic E-state index is 11.5. The third kappa shape index (κ3) is 33.2. The SMILES string of the molecule is CCC(C)COCCOCCOCCOCCOCCOCCOCCOCCOCCC(=O)OC(C)(C)C. The molecule has 11 heteroatoms. The minimum absolute atomic E-state index is 0.238. The lowest BCUT2D eigenvalue weighted by molar-refractivity contribution is -0.156. The molecule has 0 aliphatic carbocycles. The van der Waals surface area contributed by atoms with Crippen LogP contribution < -0.4 is 0 Å². The van der Waals surface area contributed by atoms with Crippen molar-refractivity contribution in [1.82, 2.24) is 0 Å². The van der Waals surface area contributed by atoms with Crippen LogP contribution in [-0.4, -0.2) is 130 Å². The number of carbonyl (C=O) groups is 1. The van der Waals surface area contributed by atoms with Crippen molar-refractivity contribution in [2.24, 2.45) is 5.92 Å². The molecular weight excluding hydrogens is 512 g/mol. The molecule has 0 heterocycles. The molecule has 234 valence electrons. The van der Waals surface area contributed by atoms with Gasteiger partial charge >= 0.3 is 5.97 Å². The molecule has 0 aromatic rings. The molecule has 0 rings (SSSR count). The maximum absolute atomic E-state index is 11.5. The first kappa shape index (κ1) is 38.1. The molecule has 0 aliphatic rings. The van der Waals surface area contributed by atoms with Crippen LogP contribution in [0.5, 0.6) is 0 Å². The Morgan fingerprint density at radius 3 is 1.08 bits per heavy atom. The molecule has 0 saturated heterocycles. The van der Waals surface area contributed by atoms with Gasteiger partial charge in [-0.2, -0.15) is 0 Å². The van der Waals surface area contributed by atoms with Crippen LogP contribution in [0.4, 0.5) is 0 Å². The molecule has 0 fully saturated rings. The van der Waals surface area contributed by atoms with E-state index in [4.69, 9.17) is 47.4 Å². The van der Waals surface area contributed by atoms with Crippen molar-refractivity contribution in [2.75, 3.05) is 119 Å². The van der Waals surface area contributed by atoms with Crippen molar-refractivity contribution >= 4 is 5.97 Å². The van der Waals surface area contributed by atoms with Crippen molar-refractivity contribution in [3.05, 3.63) is 0 Å². The fourth-order valence-electron chi connectivity index (χ4n) is 2.71. The quantitative estimate of drug-likeness (QED) is 0.0942. The number of hydrogen-bond acceptors (Lipinski definition) is 11. The van der Waals surface area contributed by atoms with Crippen LogP contribution in [0.3, 0.4) is 0 Å². The predicted molar refractivity (Wildman–Crippen MR) is 147 cm³/mol. The second-order valence-electron chi connectivity index (χ2n) is 9.82. The second-order valence-corrected chi connectivity index (χ2v) is 9.82. The molecule has 0 spiro atoms. The summed E-state index contributed by atoms with van der Waals surface area (Å²) < 4.78 is 54.2. The molecule has 1 atom stereocenters. The number of hydrogen-bond donors (Lipinski definition) is 0. The van der Waals surface area contributed by atoms with Gasteiger partial charge in [-0.05, 0) is 26.7 Å². The number of rotatable bonds is 30. The van der Waals surface area contributed by atoms with E-state index in [0.29, 0.717) is 118 Å². The van der Waals surface area contributed by atoms with E-state index in [1.54, 1.807) is 0 Å². The first-order chi connectivity index (χ1) is 18.8. The molecule has 11 nitrogen and oxygen atoms in total. The largest absolute Gasteiger partial charge is 0.460 e. The Morgan fingerprint density at radius 1 is 0.513 bits per heavy atom. The zero-order valence-corrected chi connectivity index (χ0v) is 25.2. The van der Waals surface area contributed by atoms with Gasteiger partial charge in [0.05, 0.1) is 119 Å². The summed E-state index contributed by atoms with van der Waals surface area (Å²) in [5.74, 6) is 0.336. The van der Waals surface area contributed by atoms with Gasteiger partial charge in [-0.15, -0.1) is 0 Å². The molecule has 39 heavy (non-hydrogen) atoms. The van der Waals surface area contributed by atoms with E-state index < -0.39 is 5.60 Å². The fraction of sp³-hybridized carbons (Fsp3) is 0.964. The predicted octanol–water partition coefficient (Wildman–Crippen LogP) is 2.91. The minimum atomic E-state index is -0.468. The Hall–Kier alpha value is -0.890. The molecular formula is C28H56O11. The van der Waals surface area contributed by atoms with E-state index in [-0.39, 0.29) is 12.4 Å². The summed E-state index contributed by atoms with van der Waals surface area (Å²) in [5, 5.41) is 0. The third-order valence-electron chi connectivity index (χ3n) is 4.95. The van der Waals surface area contributed by atoms with E-state index in [2.05, 4.69) is 13.8 Å². The Balaban J connectivity index is 3.11. The zero-order valence-electron chi connectivity index (χ0n) is 25.2. The van der Waals surface area contributed by atoms with Crippen molar-refractivity contribution in [3.8, 4) is 0 Å². The lowest BCUT2D eigenvalue weighted by Crippen LogP contribution is -2.24. The highest BCUT2D eigenvalue weighted by molar-refractivity contribution is 5.69. The van der Waals surface area contributed by atoms with Gasteiger partial charge in [-0.25, -0.2) is 0 Å². The minimum Gasteiger partial charge on any atom is -0.460 e. The first-order valence-electron chi connectivity index (χ1n) is 14.3. The van der Waals surface area contributed by atoms with Gasteiger partial charge in [0, 0.05) is 6.61 Å². The normalized spacial score (nSPS) is 12.6.